The first-order valence-corrected chi connectivity index (χ1v) is 7.58. The number of benzene rings is 1. The molecule has 1 aromatic carbocycles. The molecule has 3 aromatic rings. The zero-order chi connectivity index (χ0) is 13.9. The highest BCUT2D eigenvalue weighted by molar-refractivity contribution is 9.13. The molecule has 0 unspecified atom stereocenters. The van der Waals surface area contributed by atoms with Gasteiger partial charge in [0.15, 0.2) is 4.67 Å². The second-order valence-corrected chi connectivity index (χ2v) is 5.81. The number of nitrogens with zero attached hydrogens (tertiary/aromatic N) is 1. The lowest BCUT2D eigenvalue weighted by Crippen LogP contribution is -1.98. The zero-order valence-corrected chi connectivity index (χ0v) is 13.5. The molecule has 20 heavy (non-hydrogen) atoms. The quantitative estimate of drug-likeness (QED) is 0.665. The first-order chi connectivity index (χ1) is 9.72. The van der Waals surface area contributed by atoms with Crippen molar-refractivity contribution < 1.29 is 4.42 Å². The SMILES string of the molecule is Brc1cc(CNc2cccc(-c3ccn[nH]3)c2)oc1Br. The Morgan fingerprint density at radius 1 is 1.20 bits per heavy atom. The second-order valence-electron chi connectivity index (χ2n) is 4.24. The lowest BCUT2D eigenvalue weighted by molar-refractivity contribution is 0.494. The van der Waals surface area contributed by atoms with E-state index in [0.717, 1.165) is 27.2 Å². The molecule has 2 aromatic heterocycles. The maximum absolute atomic E-state index is 5.53. The van der Waals surface area contributed by atoms with E-state index in [-0.39, 0.29) is 0 Å². The smallest absolute Gasteiger partial charge is 0.183 e. The van der Waals surface area contributed by atoms with Gasteiger partial charge in [0.1, 0.15) is 5.76 Å². The maximum atomic E-state index is 5.53. The summed E-state index contributed by atoms with van der Waals surface area (Å²) in [4.78, 5) is 0. The molecule has 102 valence electrons. The summed E-state index contributed by atoms with van der Waals surface area (Å²) >= 11 is 6.73. The third kappa shape index (κ3) is 2.96. The van der Waals surface area contributed by atoms with Gasteiger partial charge in [-0.25, -0.2) is 0 Å². The first-order valence-electron chi connectivity index (χ1n) is 6.00. The third-order valence-electron chi connectivity index (χ3n) is 2.84. The predicted octanol–water partition coefficient (Wildman–Crippen LogP) is 4.81. The first kappa shape index (κ1) is 13.5. The highest BCUT2D eigenvalue weighted by atomic mass is 79.9. The molecule has 0 bridgehead atoms. The molecule has 0 aliphatic carbocycles. The van der Waals surface area contributed by atoms with E-state index in [0.29, 0.717) is 11.2 Å². The molecule has 6 heteroatoms. The number of nitrogens with one attached hydrogen (secondary N) is 2. The molecule has 4 nitrogen and oxygen atoms in total. The Balaban J connectivity index is 1.73. The summed E-state index contributed by atoms with van der Waals surface area (Å²) in [5.74, 6) is 0.857. The fourth-order valence-electron chi connectivity index (χ4n) is 1.88. The fraction of sp³-hybridized carbons (Fsp3) is 0.0714. The summed E-state index contributed by atoms with van der Waals surface area (Å²) in [5, 5.41) is 10.3. The molecule has 0 saturated heterocycles. The molecule has 3 rings (SSSR count). The van der Waals surface area contributed by atoms with Crippen molar-refractivity contribution in [2.24, 2.45) is 0 Å². The second kappa shape index (κ2) is 5.85. The molecule has 0 aliphatic rings. The summed E-state index contributed by atoms with van der Waals surface area (Å²) in [7, 11) is 0. The monoisotopic (exact) mass is 395 g/mol. The van der Waals surface area contributed by atoms with Gasteiger partial charge < -0.3 is 9.73 Å². The minimum absolute atomic E-state index is 0.622. The van der Waals surface area contributed by atoms with Crippen molar-refractivity contribution in [1.82, 2.24) is 10.2 Å². The minimum atomic E-state index is 0.622. The lowest BCUT2D eigenvalue weighted by atomic mass is 10.1. The summed E-state index contributed by atoms with van der Waals surface area (Å²) < 4.78 is 7.16. The number of furan rings is 1. The van der Waals surface area contributed by atoms with E-state index in [1.54, 1.807) is 6.20 Å². The molecule has 0 aliphatic heterocycles. The van der Waals surface area contributed by atoms with Gasteiger partial charge in [0.25, 0.3) is 0 Å². The van der Waals surface area contributed by atoms with Crippen molar-refractivity contribution >= 4 is 37.5 Å². The molecule has 0 fully saturated rings. The van der Waals surface area contributed by atoms with Crippen LogP contribution in [-0.2, 0) is 6.54 Å². The highest BCUT2D eigenvalue weighted by Crippen LogP contribution is 2.27. The number of hydrogen-bond donors (Lipinski definition) is 2. The molecule has 2 N–H and O–H groups in total. The van der Waals surface area contributed by atoms with Crippen LogP contribution in [0, 0.1) is 0 Å². The van der Waals surface area contributed by atoms with E-state index < -0.39 is 0 Å². The van der Waals surface area contributed by atoms with E-state index >= 15 is 0 Å². The summed E-state index contributed by atoms with van der Waals surface area (Å²) in [6.07, 6.45) is 1.74. The van der Waals surface area contributed by atoms with E-state index in [1.165, 1.54) is 0 Å². The highest BCUT2D eigenvalue weighted by Gasteiger charge is 2.06. The molecular formula is C14H11Br2N3O. The standard InChI is InChI=1S/C14H11Br2N3O/c15-12-7-11(20-14(12)16)8-17-10-3-1-2-9(6-10)13-4-5-18-19-13/h1-7,17H,8H2,(H,18,19). The molecule has 2 heterocycles. The van der Waals surface area contributed by atoms with Gasteiger partial charge in [0.2, 0.25) is 0 Å². The normalized spacial score (nSPS) is 10.7. The van der Waals surface area contributed by atoms with Crippen LogP contribution in [0.15, 0.2) is 56.2 Å². The van der Waals surface area contributed by atoms with E-state index in [4.69, 9.17) is 4.42 Å². The topological polar surface area (TPSA) is 53.9 Å². The van der Waals surface area contributed by atoms with E-state index in [1.807, 2.05) is 30.3 Å². The summed E-state index contributed by atoms with van der Waals surface area (Å²) in [6.45, 7) is 0.622. The van der Waals surface area contributed by atoms with Crippen LogP contribution in [0.3, 0.4) is 0 Å². The van der Waals surface area contributed by atoms with E-state index in [2.05, 4.69) is 53.4 Å². The number of aromatic amines is 1. The number of H-pyrrole nitrogens is 1. The number of anilines is 1. The minimum Gasteiger partial charge on any atom is -0.451 e. The van der Waals surface area contributed by atoms with Crippen molar-refractivity contribution in [3.05, 3.63) is 57.5 Å². The zero-order valence-electron chi connectivity index (χ0n) is 10.4. The average molecular weight is 397 g/mol. The fourth-order valence-corrected chi connectivity index (χ4v) is 2.54. The van der Waals surface area contributed by atoms with Gasteiger partial charge in [-0.3, -0.25) is 5.10 Å². The van der Waals surface area contributed by atoms with Crippen molar-refractivity contribution in [3.8, 4) is 11.3 Å². The Morgan fingerprint density at radius 2 is 2.10 bits per heavy atom. The van der Waals surface area contributed by atoms with Gasteiger partial charge in [-0.15, -0.1) is 0 Å². The molecule has 0 radical (unpaired) electrons. The van der Waals surface area contributed by atoms with Crippen molar-refractivity contribution in [2.45, 2.75) is 6.54 Å². The van der Waals surface area contributed by atoms with Crippen LogP contribution < -0.4 is 5.32 Å². The maximum Gasteiger partial charge on any atom is 0.183 e. The van der Waals surface area contributed by atoms with Gasteiger partial charge in [0, 0.05) is 17.4 Å². The van der Waals surface area contributed by atoms with Crippen LogP contribution in [0.4, 0.5) is 5.69 Å². The van der Waals surface area contributed by atoms with Crippen molar-refractivity contribution in [2.75, 3.05) is 5.32 Å². The van der Waals surface area contributed by atoms with E-state index in [9.17, 15) is 0 Å². The summed E-state index contributed by atoms with van der Waals surface area (Å²) in [5.41, 5.74) is 3.12. The lowest BCUT2D eigenvalue weighted by Gasteiger charge is -2.06. The van der Waals surface area contributed by atoms with Crippen molar-refractivity contribution in [3.63, 3.8) is 0 Å². The Kier molecular flexibility index (Phi) is 3.93. The van der Waals surface area contributed by atoms with Gasteiger partial charge in [0.05, 0.1) is 16.7 Å². The molecule has 0 amide bonds. The largest absolute Gasteiger partial charge is 0.451 e. The number of halogens is 2. The Labute approximate surface area is 132 Å². The molecule has 0 spiro atoms. The predicted molar refractivity (Wildman–Crippen MR) is 85.5 cm³/mol. The van der Waals surface area contributed by atoms with Gasteiger partial charge in [-0.1, -0.05) is 12.1 Å². The van der Waals surface area contributed by atoms with Crippen LogP contribution in [0.2, 0.25) is 0 Å². The summed E-state index contributed by atoms with van der Waals surface area (Å²) in [6, 6.07) is 12.0. The third-order valence-corrected chi connectivity index (χ3v) is 4.55. The van der Waals surface area contributed by atoms with Gasteiger partial charge in [-0.2, -0.15) is 5.10 Å². The Hall–Kier alpha value is -1.53. The number of aromatic nitrogens is 2. The van der Waals surface area contributed by atoms with Gasteiger partial charge in [-0.05, 0) is 56.1 Å². The Bertz CT molecular complexity index is 688. The number of hydrogen-bond acceptors (Lipinski definition) is 3. The molecular weight excluding hydrogens is 386 g/mol. The van der Waals surface area contributed by atoms with Crippen LogP contribution in [0.5, 0.6) is 0 Å². The van der Waals surface area contributed by atoms with Crippen LogP contribution in [0.1, 0.15) is 5.76 Å². The molecule has 0 atom stereocenters. The average Bonchev–Trinajstić information content (AvgIpc) is 3.08. The van der Waals surface area contributed by atoms with Crippen molar-refractivity contribution in [1.29, 1.82) is 0 Å². The Morgan fingerprint density at radius 3 is 2.80 bits per heavy atom. The number of rotatable bonds is 4. The van der Waals surface area contributed by atoms with Crippen LogP contribution in [0.25, 0.3) is 11.3 Å². The van der Waals surface area contributed by atoms with Gasteiger partial charge >= 0.3 is 0 Å². The van der Waals surface area contributed by atoms with Crippen LogP contribution >= 0.6 is 31.9 Å². The van der Waals surface area contributed by atoms with Crippen LogP contribution in [-0.4, -0.2) is 10.2 Å². The molecule has 0 saturated carbocycles.